The van der Waals surface area contributed by atoms with E-state index in [4.69, 9.17) is 10.5 Å². The van der Waals surface area contributed by atoms with Crippen LogP contribution in [0.3, 0.4) is 0 Å². The highest BCUT2D eigenvalue weighted by atomic mass is 79.9. The van der Waals surface area contributed by atoms with Crippen LogP contribution in [0.4, 0.5) is 15.8 Å². The standard InChI is InChI=1S/C13H12BrFN2O3S/c1-20-10-2-3-12(14)13(7-10)17-21(18,19)11-5-8(15)4-9(16)6-11/h2-7,17H,16H2,1H3. The van der Waals surface area contributed by atoms with Gasteiger partial charge >= 0.3 is 0 Å². The van der Waals surface area contributed by atoms with Crippen molar-refractivity contribution in [3.63, 3.8) is 0 Å². The Morgan fingerprint density at radius 2 is 1.95 bits per heavy atom. The van der Waals surface area contributed by atoms with Crippen molar-refractivity contribution in [2.45, 2.75) is 4.90 Å². The Kier molecular flexibility index (Phi) is 4.38. The molecular formula is C13H12BrFN2O3S. The number of halogens is 2. The van der Waals surface area contributed by atoms with Crippen LogP contribution < -0.4 is 15.2 Å². The molecule has 2 aromatic carbocycles. The van der Waals surface area contributed by atoms with Crippen molar-refractivity contribution in [1.29, 1.82) is 0 Å². The number of methoxy groups -OCH3 is 1. The van der Waals surface area contributed by atoms with E-state index in [0.29, 0.717) is 10.2 Å². The first-order chi connectivity index (χ1) is 9.81. The van der Waals surface area contributed by atoms with Crippen LogP contribution in [-0.4, -0.2) is 15.5 Å². The lowest BCUT2D eigenvalue weighted by Crippen LogP contribution is -2.14. The number of sulfonamides is 1. The third-order valence-electron chi connectivity index (χ3n) is 2.62. The quantitative estimate of drug-likeness (QED) is 0.806. The molecule has 0 aliphatic carbocycles. The van der Waals surface area contributed by atoms with Crippen molar-refractivity contribution in [2.75, 3.05) is 17.6 Å². The van der Waals surface area contributed by atoms with Crippen molar-refractivity contribution < 1.29 is 17.5 Å². The van der Waals surface area contributed by atoms with Gasteiger partial charge in [-0.15, -0.1) is 0 Å². The van der Waals surface area contributed by atoms with Gasteiger partial charge in [0.05, 0.1) is 17.7 Å². The number of nitrogens with two attached hydrogens (primary N) is 1. The second-order valence-electron chi connectivity index (χ2n) is 4.17. The van der Waals surface area contributed by atoms with E-state index >= 15 is 0 Å². The Morgan fingerprint density at radius 3 is 2.57 bits per heavy atom. The van der Waals surface area contributed by atoms with Crippen molar-refractivity contribution in [3.8, 4) is 5.75 Å². The average Bonchev–Trinajstić information content (AvgIpc) is 2.40. The van der Waals surface area contributed by atoms with Gasteiger partial charge in [0.15, 0.2) is 0 Å². The van der Waals surface area contributed by atoms with Crippen LogP contribution in [0.25, 0.3) is 0 Å². The zero-order chi connectivity index (χ0) is 15.6. The number of anilines is 2. The molecular weight excluding hydrogens is 363 g/mol. The summed E-state index contributed by atoms with van der Waals surface area (Å²) in [5.41, 5.74) is 5.77. The molecule has 0 aliphatic heterocycles. The molecule has 112 valence electrons. The van der Waals surface area contributed by atoms with E-state index in [9.17, 15) is 12.8 Å². The first-order valence-electron chi connectivity index (χ1n) is 5.74. The number of benzene rings is 2. The van der Waals surface area contributed by atoms with Crippen LogP contribution in [0.2, 0.25) is 0 Å². The molecule has 0 aromatic heterocycles. The highest BCUT2D eigenvalue weighted by molar-refractivity contribution is 9.10. The van der Waals surface area contributed by atoms with Crippen molar-refractivity contribution in [2.24, 2.45) is 0 Å². The molecule has 2 rings (SSSR count). The van der Waals surface area contributed by atoms with E-state index in [2.05, 4.69) is 20.7 Å². The van der Waals surface area contributed by atoms with E-state index in [-0.39, 0.29) is 16.3 Å². The smallest absolute Gasteiger partial charge is 0.262 e. The fourth-order valence-electron chi connectivity index (χ4n) is 1.65. The number of ether oxygens (including phenoxy) is 1. The van der Waals surface area contributed by atoms with Gasteiger partial charge in [0.25, 0.3) is 10.0 Å². The lowest BCUT2D eigenvalue weighted by molar-refractivity contribution is 0.415. The van der Waals surface area contributed by atoms with Gasteiger partial charge in [-0.1, -0.05) is 0 Å². The maximum atomic E-state index is 13.3. The average molecular weight is 375 g/mol. The van der Waals surface area contributed by atoms with Crippen molar-refractivity contribution >= 4 is 37.3 Å². The Labute approximate surface area is 130 Å². The molecule has 0 atom stereocenters. The van der Waals surface area contributed by atoms with Gasteiger partial charge < -0.3 is 10.5 Å². The molecule has 2 aromatic rings. The number of hydrogen-bond donors (Lipinski definition) is 2. The highest BCUT2D eigenvalue weighted by Gasteiger charge is 2.17. The first kappa shape index (κ1) is 15.6. The summed E-state index contributed by atoms with van der Waals surface area (Å²) >= 11 is 3.23. The Morgan fingerprint density at radius 1 is 1.24 bits per heavy atom. The zero-order valence-corrected chi connectivity index (χ0v) is 13.3. The van der Waals surface area contributed by atoms with Crippen LogP contribution in [0.5, 0.6) is 5.75 Å². The third kappa shape index (κ3) is 3.64. The first-order valence-corrected chi connectivity index (χ1v) is 8.02. The highest BCUT2D eigenvalue weighted by Crippen LogP contribution is 2.29. The van der Waals surface area contributed by atoms with Crippen molar-refractivity contribution in [3.05, 3.63) is 46.7 Å². The summed E-state index contributed by atoms with van der Waals surface area (Å²) in [7, 11) is -2.49. The van der Waals surface area contributed by atoms with Crippen LogP contribution >= 0.6 is 15.9 Å². The van der Waals surface area contributed by atoms with Crippen LogP contribution in [0.15, 0.2) is 45.8 Å². The Bertz CT molecular complexity index is 761. The molecule has 0 unspecified atom stereocenters. The second kappa shape index (κ2) is 5.90. The SMILES string of the molecule is COc1ccc(Br)c(NS(=O)(=O)c2cc(N)cc(F)c2)c1. The molecule has 0 aliphatic rings. The molecule has 8 heteroatoms. The van der Waals surface area contributed by atoms with Gasteiger partial charge in [-0.3, -0.25) is 4.72 Å². The molecule has 0 amide bonds. The summed E-state index contributed by atoms with van der Waals surface area (Å²) in [6.45, 7) is 0. The lowest BCUT2D eigenvalue weighted by atomic mass is 10.3. The molecule has 0 spiro atoms. The predicted molar refractivity (Wildman–Crippen MR) is 82.3 cm³/mol. The monoisotopic (exact) mass is 374 g/mol. The summed E-state index contributed by atoms with van der Waals surface area (Å²) in [4.78, 5) is -0.255. The van der Waals surface area contributed by atoms with E-state index in [1.807, 2.05) is 0 Å². The van der Waals surface area contributed by atoms with E-state index < -0.39 is 15.8 Å². The zero-order valence-electron chi connectivity index (χ0n) is 10.9. The minimum Gasteiger partial charge on any atom is -0.497 e. The van der Waals surface area contributed by atoms with Crippen LogP contribution in [-0.2, 0) is 10.0 Å². The Hall–Kier alpha value is -1.80. The Balaban J connectivity index is 2.41. The molecule has 5 nitrogen and oxygen atoms in total. The van der Waals surface area contributed by atoms with Gasteiger partial charge in [-0.25, -0.2) is 12.8 Å². The molecule has 0 fully saturated rings. The number of nitrogens with one attached hydrogen (secondary N) is 1. The molecule has 3 N–H and O–H groups in total. The minimum atomic E-state index is -3.96. The topological polar surface area (TPSA) is 81.4 Å². The van der Waals surface area contributed by atoms with Gasteiger partial charge in [0.2, 0.25) is 0 Å². The predicted octanol–water partition coefficient (Wildman–Crippen LogP) is 2.98. The summed E-state index contributed by atoms with van der Waals surface area (Å²) in [6.07, 6.45) is 0. The molecule has 0 heterocycles. The molecule has 0 saturated heterocycles. The van der Waals surface area contributed by atoms with Gasteiger partial charge in [-0.2, -0.15) is 0 Å². The summed E-state index contributed by atoms with van der Waals surface area (Å²) in [5.74, 6) is -0.241. The maximum Gasteiger partial charge on any atom is 0.262 e. The molecule has 0 bridgehead atoms. The van der Waals surface area contributed by atoms with Crippen LogP contribution in [0.1, 0.15) is 0 Å². The van der Waals surface area contributed by atoms with Crippen molar-refractivity contribution in [1.82, 2.24) is 0 Å². The molecule has 21 heavy (non-hydrogen) atoms. The largest absolute Gasteiger partial charge is 0.497 e. The summed E-state index contributed by atoms with van der Waals surface area (Å²) < 4.78 is 45.7. The molecule has 0 saturated carbocycles. The third-order valence-corrected chi connectivity index (χ3v) is 4.66. The van der Waals surface area contributed by atoms with E-state index in [0.717, 1.165) is 12.1 Å². The van der Waals surface area contributed by atoms with Gasteiger partial charge in [0.1, 0.15) is 11.6 Å². The minimum absolute atomic E-state index is 0.0279. The number of rotatable bonds is 4. The van der Waals surface area contributed by atoms with Crippen LogP contribution in [0, 0.1) is 5.82 Å². The van der Waals surface area contributed by atoms with Gasteiger partial charge in [0, 0.05) is 16.2 Å². The molecule has 0 radical (unpaired) electrons. The second-order valence-corrected chi connectivity index (χ2v) is 6.71. The summed E-state index contributed by atoms with van der Waals surface area (Å²) in [5, 5.41) is 0. The number of hydrogen-bond acceptors (Lipinski definition) is 4. The lowest BCUT2D eigenvalue weighted by Gasteiger charge is -2.11. The maximum absolute atomic E-state index is 13.3. The van der Waals surface area contributed by atoms with E-state index in [1.165, 1.54) is 19.2 Å². The summed E-state index contributed by atoms with van der Waals surface area (Å²) in [6, 6.07) is 7.93. The normalized spacial score (nSPS) is 11.2. The number of nitrogen functional groups attached to an aromatic ring is 1. The fraction of sp³-hybridized carbons (Fsp3) is 0.0769. The fourth-order valence-corrected chi connectivity index (χ4v) is 3.26. The van der Waals surface area contributed by atoms with Gasteiger partial charge in [-0.05, 0) is 46.3 Å². The van der Waals surface area contributed by atoms with E-state index in [1.54, 1.807) is 12.1 Å².